The highest BCUT2D eigenvalue weighted by molar-refractivity contribution is 5.86. The first-order chi connectivity index (χ1) is 11.5. The number of nitrogens with zero attached hydrogens (tertiary/aromatic N) is 4. The van der Waals surface area contributed by atoms with Crippen LogP contribution in [0.1, 0.15) is 26.2 Å². The van der Waals surface area contributed by atoms with Crippen molar-refractivity contribution in [3.8, 4) is 0 Å². The van der Waals surface area contributed by atoms with E-state index in [4.69, 9.17) is 9.57 Å². The lowest BCUT2D eigenvalue weighted by Gasteiger charge is -2.36. The lowest BCUT2D eigenvalue weighted by atomic mass is 9.67. The molecule has 24 heavy (non-hydrogen) atoms. The number of carbonyl (C=O) groups excluding carboxylic acids is 2. The maximum Gasteiger partial charge on any atom is 0.339 e. The van der Waals surface area contributed by atoms with Crippen molar-refractivity contribution < 1.29 is 19.2 Å². The fraction of sp³-hybridized carbons (Fsp3) is 0.562. The SMILES string of the molecule is COC(=O)[C@@]1(C)CC2CC2C[C@H]1C(=O)On1nnc2cccnc21. The van der Waals surface area contributed by atoms with Crippen molar-refractivity contribution in [1.82, 2.24) is 20.1 Å². The highest BCUT2D eigenvalue weighted by atomic mass is 16.7. The first-order valence-electron chi connectivity index (χ1n) is 8.00. The maximum absolute atomic E-state index is 12.8. The number of hydrogen-bond donors (Lipinski definition) is 0. The molecule has 8 heteroatoms. The zero-order valence-electron chi connectivity index (χ0n) is 13.5. The standard InChI is InChI=1S/C16H18N4O4/c1-16(15(22)23-2)8-10-6-9(10)7-11(16)14(21)24-20-13-12(18-19-20)4-3-5-17-13/h3-5,9-11H,6-8H2,1-2H3/t9?,10?,11-,16-/m0/s1. The zero-order chi connectivity index (χ0) is 16.9. The molecule has 2 heterocycles. The van der Waals surface area contributed by atoms with E-state index in [1.807, 2.05) is 0 Å². The molecular formula is C16H18N4O4. The smallest absolute Gasteiger partial charge is 0.339 e. The Labute approximate surface area is 138 Å². The number of carbonyl (C=O) groups is 2. The minimum absolute atomic E-state index is 0.364. The van der Waals surface area contributed by atoms with E-state index in [1.54, 1.807) is 25.3 Å². The van der Waals surface area contributed by atoms with Gasteiger partial charge in [0.15, 0.2) is 0 Å². The Morgan fingerprint density at radius 3 is 2.96 bits per heavy atom. The van der Waals surface area contributed by atoms with Gasteiger partial charge in [0, 0.05) is 6.20 Å². The van der Waals surface area contributed by atoms with Gasteiger partial charge >= 0.3 is 11.9 Å². The van der Waals surface area contributed by atoms with Gasteiger partial charge in [-0.3, -0.25) is 4.79 Å². The Kier molecular flexibility index (Phi) is 3.29. The largest absolute Gasteiger partial charge is 0.469 e. The second kappa shape index (κ2) is 5.25. The molecule has 4 rings (SSSR count). The van der Waals surface area contributed by atoms with Gasteiger partial charge in [-0.05, 0) is 60.2 Å². The Balaban J connectivity index is 1.61. The summed E-state index contributed by atoms with van der Waals surface area (Å²) >= 11 is 0. The molecule has 0 amide bonds. The molecule has 126 valence electrons. The second-order valence-corrected chi connectivity index (χ2v) is 6.88. The van der Waals surface area contributed by atoms with Crippen molar-refractivity contribution in [3.05, 3.63) is 18.3 Å². The summed E-state index contributed by atoms with van der Waals surface area (Å²) in [5.74, 6) is -0.420. The van der Waals surface area contributed by atoms with Crippen molar-refractivity contribution in [2.24, 2.45) is 23.2 Å². The van der Waals surface area contributed by atoms with Gasteiger partial charge in [0.1, 0.15) is 5.52 Å². The van der Waals surface area contributed by atoms with Crippen molar-refractivity contribution in [3.63, 3.8) is 0 Å². The molecule has 2 unspecified atom stereocenters. The fourth-order valence-corrected chi connectivity index (χ4v) is 3.87. The third kappa shape index (κ3) is 2.24. The summed E-state index contributed by atoms with van der Waals surface area (Å²) in [6.45, 7) is 1.79. The molecule has 4 atom stereocenters. The number of aromatic nitrogens is 4. The van der Waals surface area contributed by atoms with Crippen LogP contribution in [0.2, 0.25) is 0 Å². The first kappa shape index (κ1) is 15.0. The number of ether oxygens (including phenoxy) is 1. The first-order valence-corrected chi connectivity index (χ1v) is 8.00. The number of methoxy groups -OCH3 is 1. The Hall–Kier alpha value is -2.51. The van der Waals surface area contributed by atoms with E-state index in [-0.39, 0.29) is 5.97 Å². The predicted octanol–water partition coefficient (Wildman–Crippen LogP) is 1.01. The summed E-state index contributed by atoms with van der Waals surface area (Å²) in [4.78, 5) is 35.6. The van der Waals surface area contributed by atoms with Crippen LogP contribution in [-0.4, -0.2) is 39.2 Å². The van der Waals surface area contributed by atoms with Gasteiger partial charge in [0.2, 0.25) is 5.65 Å². The highest BCUT2D eigenvalue weighted by Gasteiger charge is 2.59. The molecule has 2 aromatic heterocycles. The fourth-order valence-electron chi connectivity index (χ4n) is 3.87. The van der Waals surface area contributed by atoms with Crippen LogP contribution in [0.4, 0.5) is 0 Å². The quantitative estimate of drug-likeness (QED) is 0.612. The molecule has 0 bridgehead atoms. The lowest BCUT2D eigenvalue weighted by molar-refractivity contribution is -0.171. The minimum atomic E-state index is -0.868. The highest BCUT2D eigenvalue weighted by Crippen LogP contribution is 2.58. The van der Waals surface area contributed by atoms with Crippen LogP contribution < -0.4 is 4.84 Å². The van der Waals surface area contributed by atoms with Gasteiger partial charge in [-0.25, -0.2) is 9.78 Å². The Morgan fingerprint density at radius 1 is 1.33 bits per heavy atom. The second-order valence-electron chi connectivity index (χ2n) is 6.88. The average molecular weight is 330 g/mol. The molecule has 0 radical (unpaired) electrons. The molecule has 0 N–H and O–H groups in total. The van der Waals surface area contributed by atoms with Crippen molar-refractivity contribution in [2.45, 2.75) is 26.2 Å². The predicted molar refractivity (Wildman–Crippen MR) is 81.4 cm³/mol. The van der Waals surface area contributed by atoms with Crippen LogP contribution in [0.15, 0.2) is 18.3 Å². The molecule has 2 saturated carbocycles. The van der Waals surface area contributed by atoms with E-state index in [2.05, 4.69) is 15.3 Å². The third-order valence-corrected chi connectivity index (χ3v) is 5.36. The molecule has 2 fully saturated rings. The average Bonchev–Trinajstić information content (AvgIpc) is 3.23. The van der Waals surface area contributed by atoms with Crippen LogP contribution in [0.3, 0.4) is 0 Å². The van der Waals surface area contributed by atoms with Crippen molar-refractivity contribution in [1.29, 1.82) is 0 Å². The zero-order valence-corrected chi connectivity index (χ0v) is 13.5. The molecule has 2 aliphatic carbocycles. The lowest BCUT2D eigenvalue weighted by Crippen LogP contribution is -2.46. The third-order valence-electron chi connectivity index (χ3n) is 5.36. The van der Waals surface area contributed by atoms with Crippen LogP contribution in [-0.2, 0) is 14.3 Å². The summed E-state index contributed by atoms with van der Waals surface area (Å²) in [6, 6.07) is 3.46. The van der Waals surface area contributed by atoms with Gasteiger partial charge in [-0.1, -0.05) is 0 Å². The van der Waals surface area contributed by atoms with Gasteiger partial charge in [-0.2, -0.15) is 0 Å². The molecule has 0 saturated heterocycles. The minimum Gasteiger partial charge on any atom is -0.469 e. The van der Waals surface area contributed by atoms with E-state index in [1.165, 1.54) is 7.11 Å². The van der Waals surface area contributed by atoms with Gasteiger partial charge in [0.05, 0.1) is 18.4 Å². The summed E-state index contributed by atoms with van der Waals surface area (Å²) in [5.41, 5.74) is 0.0329. The molecule has 0 aromatic carbocycles. The Bertz CT molecular complexity index is 819. The number of pyridine rings is 1. The van der Waals surface area contributed by atoms with Crippen LogP contribution in [0.25, 0.3) is 11.2 Å². The van der Waals surface area contributed by atoms with E-state index in [9.17, 15) is 9.59 Å². The van der Waals surface area contributed by atoms with Crippen molar-refractivity contribution in [2.75, 3.05) is 7.11 Å². The van der Waals surface area contributed by atoms with Gasteiger partial charge < -0.3 is 9.57 Å². The monoisotopic (exact) mass is 330 g/mol. The molecule has 0 spiro atoms. The number of hydrogen-bond acceptors (Lipinski definition) is 7. The molecule has 2 aromatic rings. The van der Waals surface area contributed by atoms with Gasteiger partial charge in [-0.15, -0.1) is 5.10 Å². The number of fused-ring (bicyclic) bond motifs is 2. The van der Waals surface area contributed by atoms with Crippen LogP contribution in [0, 0.1) is 23.2 Å². The van der Waals surface area contributed by atoms with E-state index in [0.29, 0.717) is 35.8 Å². The van der Waals surface area contributed by atoms with E-state index in [0.717, 1.165) is 11.3 Å². The Morgan fingerprint density at radius 2 is 2.17 bits per heavy atom. The number of esters is 1. The molecule has 0 aliphatic heterocycles. The maximum atomic E-state index is 12.8. The normalized spacial score (nSPS) is 31.3. The van der Waals surface area contributed by atoms with Crippen LogP contribution >= 0.6 is 0 Å². The number of rotatable bonds is 3. The van der Waals surface area contributed by atoms with Crippen LogP contribution in [0.5, 0.6) is 0 Å². The summed E-state index contributed by atoms with van der Waals surface area (Å²) in [7, 11) is 1.35. The molecule has 2 aliphatic rings. The van der Waals surface area contributed by atoms with Crippen molar-refractivity contribution >= 4 is 23.1 Å². The van der Waals surface area contributed by atoms with E-state index < -0.39 is 17.3 Å². The van der Waals surface area contributed by atoms with Gasteiger partial charge in [0.25, 0.3) is 0 Å². The summed E-state index contributed by atoms with van der Waals surface area (Å²) in [6.07, 6.45) is 3.92. The summed E-state index contributed by atoms with van der Waals surface area (Å²) in [5, 5.41) is 7.73. The molecular weight excluding hydrogens is 312 g/mol. The van der Waals surface area contributed by atoms with E-state index >= 15 is 0 Å². The topological polar surface area (TPSA) is 96.2 Å². The summed E-state index contributed by atoms with van der Waals surface area (Å²) < 4.78 is 4.95. The molecule has 8 nitrogen and oxygen atoms in total.